The van der Waals surface area contributed by atoms with E-state index in [2.05, 4.69) is 9.82 Å². The summed E-state index contributed by atoms with van der Waals surface area (Å²) in [5, 5.41) is 9.95. The number of hydrogen-bond acceptors (Lipinski definition) is 5. The molecule has 1 N–H and O–H groups in total. The van der Waals surface area contributed by atoms with Crippen LogP contribution in [0.1, 0.15) is 11.6 Å². The highest BCUT2D eigenvalue weighted by molar-refractivity contribution is 7.91. The predicted octanol–water partition coefficient (Wildman–Crippen LogP) is 2.57. The first kappa shape index (κ1) is 14.5. The molecule has 0 aromatic carbocycles. The fourth-order valence-corrected chi connectivity index (χ4v) is 4.75. The maximum absolute atomic E-state index is 12.2. The van der Waals surface area contributed by atoms with Gasteiger partial charge < -0.3 is 0 Å². The molecule has 0 fully saturated rings. The summed E-state index contributed by atoms with van der Waals surface area (Å²) in [5.41, 5.74) is 1.04. The molecule has 5 nitrogen and oxygen atoms in total. The van der Waals surface area contributed by atoms with E-state index in [1.165, 1.54) is 11.3 Å². The fourth-order valence-electron chi connectivity index (χ4n) is 1.97. The van der Waals surface area contributed by atoms with E-state index in [1.54, 1.807) is 39.7 Å². The van der Waals surface area contributed by atoms with Crippen molar-refractivity contribution in [2.45, 2.75) is 10.3 Å². The molecular formula is C13H13N3O2S3. The third-order valence-corrected chi connectivity index (χ3v) is 6.52. The Hall–Kier alpha value is -1.48. The Morgan fingerprint density at radius 1 is 1.29 bits per heavy atom. The molecule has 1 unspecified atom stereocenters. The SMILES string of the molecule is O=S(=O)(NCC(c1ccsc1)n1cccn1)c1cccs1. The minimum Gasteiger partial charge on any atom is -0.264 e. The van der Waals surface area contributed by atoms with Crippen LogP contribution >= 0.6 is 22.7 Å². The molecule has 0 spiro atoms. The van der Waals surface area contributed by atoms with Crippen molar-refractivity contribution < 1.29 is 8.42 Å². The molecule has 0 aliphatic heterocycles. The van der Waals surface area contributed by atoms with Crippen molar-refractivity contribution in [3.63, 3.8) is 0 Å². The highest BCUT2D eigenvalue weighted by Gasteiger charge is 2.20. The Morgan fingerprint density at radius 2 is 2.19 bits per heavy atom. The summed E-state index contributed by atoms with van der Waals surface area (Å²) in [6.45, 7) is 0.263. The Morgan fingerprint density at radius 3 is 2.81 bits per heavy atom. The second-order valence-corrected chi connectivity index (χ2v) is 8.06. The van der Waals surface area contributed by atoms with E-state index in [0.29, 0.717) is 4.21 Å². The number of aromatic nitrogens is 2. The molecule has 0 radical (unpaired) electrons. The van der Waals surface area contributed by atoms with Gasteiger partial charge in [0.05, 0.1) is 6.04 Å². The topological polar surface area (TPSA) is 64.0 Å². The van der Waals surface area contributed by atoms with E-state index in [4.69, 9.17) is 0 Å². The molecule has 21 heavy (non-hydrogen) atoms. The summed E-state index contributed by atoms with van der Waals surface area (Å²) in [7, 11) is -3.46. The lowest BCUT2D eigenvalue weighted by Crippen LogP contribution is -2.31. The summed E-state index contributed by atoms with van der Waals surface area (Å²) < 4.78 is 29.2. The van der Waals surface area contributed by atoms with Gasteiger partial charge >= 0.3 is 0 Å². The maximum atomic E-state index is 12.2. The first-order valence-electron chi connectivity index (χ1n) is 6.21. The zero-order valence-corrected chi connectivity index (χ0v) is 13.4. The van der Waals surface area contributed by atoms with Gasteiger partial charge in [0, 0.05) is 18.9 Å². The van der Waals surface area contributed by atoms with Crippen LogP contribution in [0.3, 0.4) is 0 Å². The number of rotatable bonds is 6. The lowest BCUT2D eigenvalue weighted by molar-refractivity contribution is 0.507. The number of thiophene rings is 2. The average Bonchev–Trinajstić information content (AvgIpc) is 3.23. The monoisotopic (exact) mass is 339 g/mol. The maximum Gasteiger partial charge on any atom is 0.250 e. The minimum absolute atomic E-state index is 0.152. The van der Waals surface area contributed by atoms with Crippen molar-refractivity contribution >= 4 is 32.7 Å². The third-order valence-electron chi connectivity index (χ3n) is 3.00. The number of sulfonamides is 1. The molecular weight excluding hydrogens is 326 g/mol. The average molecular weight is 339 g/mol. The van der Waals surface area contributed by atoms with Crippen LogP contribution in [0.2, 0.25) is 0 Å². The molecule has 3 heterocycles. The van der Waals surface area contributed by atoms with Gasteiger partial charge in [0.15, 0.2) is 0 Å². The minimum atomic E-state index is -3.46. The van der Waals surface area contributed by atoms with Crippen molar-refractivity contribution in [3.05, 3.63) is 58.4 Å². The zero-order valence-electron chi connectivity index (χ0n) is 10.9. The van der Waals surface area contributed by atoms with Crippen LogP contribution < -0.4 is 4.72 Å². The van der Waals surface area contributed by atoms with Crippen molar-refractivity contribution in [3.8, 4) is 0 Å². The summed E-state index contributed by atoms with van der Waals surface area (Å²) >= 11 is 2.79. The van der Waals surface area contributed by atoms with Gasteiger partial charge in [-0.05, 0) is 39.9 Å². The first-order valence-corrected chi connectivity index (χ1v) is 9.52. The summed E-state index contributed by atoms with van der Waals surface area (Å²) in [6.07, 6.45) is 3.52. The number of nitrogens with one attached hydrogen (secondary N) is 1. The second-order valence-electron chi connectivity index (χ2n) is 4.34. The molecule has 0 saturated carbocycles. The zero-order chi connectivity index (χ0) is 14.7. The van der Waals surface area contributed by atoms with Gasteiger partial charge in [0.1, 0.15) is 4.21 Å². The van der Waals surface area contributed by atoms with Gasteiger partial charge in [-0.2, -0.15) is 16.4 Å². The summed E-state index contributed by atoms with van der Waals surface area (Å²) in [6, 6.07) is 6.98. The van der Waals surface area contributed by atoms with Gasteiger partial charge in [-0.3, -0.25) is 4.68 Å². The largest absolute Gasteiger partial charge is 0.264 e. The van der Waals surface area contributed by atoms with Crippen LogP contribution in [0.5, 0.6) is 0 Å². The second kappa shape index (κ2) is 6.10. The molecule has 3 aromatic heterocycles. The standard InChI is InChI=1S/C13H13N3O2S3/c17-21(18,13-3-1-7-20-13)15-9-12(11-4-8-19-10-11)16-6-2-5-14-16/h1-8,10,12,15H,9H2. The van der Waals surface area contributed by atoms with Gasteiger partial charge in [0.2, 0.25) is 10.0 Å². The molecule has 0 amide bonds. The van der Waals surface area contributed by atoms with Crippen LogP contribution in [0.15, 0.2) is 57.0 Å². The highest BCUT2D eigenvalue weighted by atomic mass is 32.2. The Balaban J connectivity index is 1.80. The lowest BCUT2D eigenvalue weighted by Gasteiger charge is -2.17. The van der Waals surface area contributed by atoms with E-state index in [-0.39, 0.29) is 12.6 Å². The lowest BCUT2D eigenvalue weighted by atomic mass is 10.1. The van der Waals surface area contributed by atoms with Crippen LogP contribution in [0, 0.1) is 0 Å². The van der Waals surface area contributed by atoms with Gasteiger partial charge in [-0.25, -0.2) is 13.1 Å². The highest BCUT2D eigenvalue weighted by Crippen LogP contribution is 2.21. The molecule has 0 bridgehead atoms. The van der Waals surface area contributed by atoms with Crippen molar-refractivity contribution in [1.29, 1.82) is 0 Å². The third kappa shape index (κ3) is 3.24. The van der Waals surface area contributed by atoms with Crippen molar-refractivity contribution in [1.82, 2.24) is 14.5 Å². The Bertz CT molecular complexity index is 729. The number of hydrogen-bond donors (Lipinski definition) is 1. The van der Waals surface area contributed by atoms with Crippen molar-refractivity contribution in [2.75, 3.05) is 6.54 Å². The Labute approximate surface area is 130 Å². The van der Waals surface area contributed by atoms with Crippen LogP contribution in [0.4, 0.5) is 0 Å². The van der Waals surface area contributed by atoms with Crippen molar-refractivity contribution in [2.24, 2.45) is 0 Å². The van der Waals surface area contributed by atoms with E-state index in [9.17, 15) is 8.42 Å². The molecule has 0 saturated heterocycles. The molecule has 3 aromatic rings. The van der Waals surface area contributed by atoms with Gasteiger partial charge in [-0.1, -0.05) is 6.07 Å². The molecule has 8 heteroatoms. The molecule has 0 aliphatic carbocycles. The van der Waals surface area contributed by atoms with E-state index < -0.39 is 10.0 Å². The molecule has 110 valence electrons. The van der Waals surface area contributed by atoms with E-state index in [0.717, 1.165) is 5.56 Å². The summed E-state index contributed by atoms with van der Waals surface area (Å²) in [4.78, 5) is 0. The quantitative estimate of drug-likeness (QED) is 0.751. The van der Waals surface area contributed by atoms with Crippen LogP contribution in [0.25, 0.3) is 0 Å². The predicted molar refractivity (Wildman–Crippen MR) is 84.2 cm³/mol. The van der Waals surface area contributed by atoms with Gasteiger partial charge in [-0.15, -0.1) is 11.3 Å². The van der Waals surface area contributed by atoms with E-state index in [1.807, 2.05) is 29.1 Å². The van der Waals surface area contributed by atoms with Gasteiger partial charge in [0.25, 0.3) is 0 Å². The first-order chi connectivity index (χ1) is 10.2. The smallest absolute Gasteiger partial charge is 0.250 e. The summed E-state index contributed by atoms with van der Waals surface area (Å²) in [5.74, 6) is 0. The van der Waals surface area contributed by atoms with E-state index >= 15 is 0 Å². The normalized spacial score (nSPS) is 13.3. The number of nitrogens with zero attached hydrogens (tertiary/aromatic N) is 2. The van der Waals surface area contributed by atoms with Crippen LogP contribution in [-0.2, 0) is 10.0 Å². The van der Waals surface area contributed by atoms with Crippen LogP contribution in [-0.4, -0.2) is 24.7 Å². The molecule has 0 aliphatic rings. The Kier molecular flexibility index (Phi) is 4.20. The molecule has 1 atom stereocenters. The molecule has 3 rings (SSSR count). The fraction of sp³-hybridized carbons (Fsp3) is 0.154.